The monoisotopic (exact) mass is 1120 g/mol. The van der Waals surface area contributed by atoms with Gasteiger partial charge in [-0.05, 0) is 122 Å². The van der Waals surface area contributed by atoms with Crippen molar-refractivity contribution in [2.75, 3.05) is 48.1 Å². The van der Waals surface area contributed by atoms with Gasteiger partial charge in [0, 0.05) is 64.3 Å². The van der Waals surface area contributed by atoms with E-state index >= 15 is 0 Å². The van der Waals surface area contributed by atoms with Crippen LogP contribution in [0.2, 0.25) is 0 Å². The molecule has 3 aliphatic rings. The largest absolute Gasteiger partial charge is 0.448 e. The van der Waals surface area contributed by atoms with Gasteiger partial charge in [-0.2, -0.15) is 5.26 Å². The number of halogens is 2. The molecule has 20 atom stereocenters. The summed E-state index contributed by atoms with van der Waals surface area (Å²) in [5.41, 5.74) is -2.88. The average molecular weight is 1120 g/mol. The smallest absolute Gasteiger partial charge is 0.312 e. The number of aliphatic hydroxyl groups excluding tert-OH is 3. The van der Waals surface area contributed by atoms with Gasteiger partial charge >= 0.3 is 5.97 Å². The van der Waals surface area contributed by atoms with Crippen molar-refractivity contribution in [3.05, 3.63) is 47.3 Å². The zero-order valence-electron chi connectivity index (χ0n) is 43.6. The molecule has 1 aromatic carbocycles. The van der Waals surface area contributed by atoms with E-state index in [4.69, 9.17) is 33.2 Å². The minimum Gasteiger partial charge on any atom is -0.448 e. The summed E-state index contributed by atoms with van der Waals surface area (Å²) in [4.78, 5) is 18.2. The van der Waals surface area contributed by atoms with E-state index in [1.165, 1.54) is 25.8 Å². The number of nitrogens with zero attached hydrogens (tertiary/aromatic N) is 6. The van der Waals surface area contributed by atoms with Gasteiger partial charge in [-0.15, -0.1) is 5.10 Å². The molecule has 0 radical (unpaired) electrons. The van der Waals surface area contributed by atoms with Gasteiger partial charge in [0.1, 0.15) is 42.7 Å². The number of likely N-dealkylation sites (N-methyl/N-ethyl adjacent to an activating group) is 2. The normalized spacial score (nSPS) is 40.3. The highest BCUT2D eigenvalue weighted by atomic mass is 127. The lowest BCUT2D eigenvalue weighted by atomic mass is 9.77. The third-order valence-corrected chi connectivity index (χ3v) is 16.8. The van der Waals surface area contributed by atoms with E-state index in [2.05, 4.69) is 16.4 Å². The maximum atomic E-state index is 14.7. The number of rotatable bonds is 14. The zero-order chi connectivity index (χ0) is 52.9. The van der Waals surface area contributed by atoms with Crippen molar-refractivity contribution in [3.63, 3.8) is 0 Å². The molecule has 2 aromatic rings. The average Bonchev–Trinajstić information content (AvgIpc) is 3.80. The van der Waals surface area contributed by atoms with Crippen LogP contribution in [0.4, 0.5) is 4.39 Å². The van der Waals surface area contributed by atoms with Crippen LogP contribution in [0.25, 0.3) is 0 Å². The van der Waals surface area contributed by atoms with Crippen LogP contribution in [-0.4, -0.2) is 193 Å². The highest BCUT2D eigenvalue weighted by Crippen LogP contribution is 2.41. The van der Waals surface area contributed by atoms with Crippen LogP contribution >= 0.6 is 22.6 Å². The van der Waals surface area contributed by atoms with Gasteiger partial charge in [-0.3, -0.25) is 4.79 Å². The van der Waals surface area contributed by atoms with Crippen molar-refractivity contribution in [3.8, 4) is 6.07 Å². The van der Waals surface area contributed by atoms with Gasteiger partial charge in [0.25, 0.3) is 0 Å². The highest BCUT2D eigenvalue weighted by Gasteiger charge is 2.53. The lowest BCUT2D eigenvalue weighted by Crippen LogP contribution is -2.60. The quantitative estimate of drug-likeness (QED) is 0.102. The van der Waals surface area contributed by atoms with E-state index in [-0.39, 0.29) is 18.8 Å². The van der Waals surface area contributed by atoms with Gasteiger partial charge in [0.2, 0.25) is 0 Å². The van der Waals surface area contributed by atoms with Gasteiger partial charge in [0.05, 0.1) is 58.9 Å². The summed E-state index contributed by atoms with van der Waals surface area (Å²) in [7, 11) is 6.65. The molecule has 0 bridgehead atoms. The van der Waals surface area contributed by atoms with Crippen molar-refractivity contribution in [2.45, 2.75) is 188 Å². The van der Waals surface area contributed by atoms with Crippen LogP contribution in [0.1, 0.15) is 111 Å². The van der Waals surface area contributed by atoms with Crippen molar-refractivity contribution in [1.29, 1.82) is 5.26 Å². The summed E-state index contributed by atoms with van der Waals surface area (Å²) < 4.78 is 58.6. The molecule has 3 saturated heterocycles. The molecule has 21 heteroatoms. The Bertz CT molecular complexity index is 2050. The van der Waals surface area contributed by atoms with Gasteiger partial charge in [-0.25, -0.2) is 9.07 Å². The number of alkyl halides is 2. The first kappa shape index (κ1) is 59.3. The van der Waals surface area contributed by atoms with Gasteiger partial charge < -0.3 is 68.5 Å². The number of cyclic esters (lactones) is 1. The third kappa shape index (κ3) is 13.9. The van der Waals surface area contributed by atoms with Gasteiger partial charge in [-0.1, -0.05) is 31.2 Å². The molecule has 0 unspecified atom stereocenters. The Hall–Kier alpha value is -2.54. The van der Waals surface area contributed by atoms with E-state index in [0.29, 0.717) is 42.8 Å². The number of carbonyl (C=O) groups is 1. The Kier molecular flexibility index (Phi) is 20.8. The van der Waals surface area contributed by atoms with Crippen LogP contribution in [-0.2, 0) is 44.4 Å². The molecule has 3 fully saturated rings. The summed E-state index contributed by atoms with van der Waals surface area (Å²) in [5.74, 6) is -2.93. The van der Waals surface area contributed by atoms with E-state index in [9.17, 15) is 40.0 Å². The minimum atomic E-state index is -1.88. The number of carbonyl (C=O) groups excluding carboxylic acids is 1. The number of hydrogen-bond donors (Lipinski definition) is 5. The van der Waals surface area contributed by atoms with Crippen LogP contribution in [0.5, 0.6) is 0 Å². The molecule has 0 spiro atoms. The fourth-order valence-corrected chi connectivity index (χ4v) is 11.3. The Morgan fingerprint density at radius 3 is 2.28 bits per heavy atom. The van der Waals surface area contributed by atoms with Crippen molar-refractivity contribution >= 4 is 28.6 Å². The van der Waals surface area contributed by atoms with Crippen molar-refractivity contribution < 1.29 is 67.9 Å². The fourth-order valence-electron chi connectivity index (χ4n) is 10.7. The Morgan fingerprint density at radius 1 is 1.01 bits per heavy atom. The van der Waals surface area contributed by atoms with E-state index < -0.39 is 125 Å². The van der Waals surface area contributed by atoms with E-state index in [0.717, 1.165) is 0 Å². The zero-order valence-corrected chi connectivity index (χ0v) is 45.8. The summed E-state index contributed by atoms with van der Waals surface area (Å²) in [5, 5.41) is 77.1. The molecule has 19 nitrogen and oxygen atoms in total. The summed E-state index contributed by atoms with van der Waals surface area (Å²) in [6.07, 6.45) is -7.25. The molecule has 0 amide bonds. The molecule has 5 rings (SSSR count). The topological polar surface area (TPSA) is 244 Å². The predicted octanol–water partition coefficient (Wildman–Crippen LogP) is 3.86. The first-order valence-corrected chi connectivity index (χ1v) is 25.9. The number of benzene rings is 1. The van der Waals surface area contributed by atoms with Crippen molar-refractivity contribution in [1.82, 2.24) is 24.8 Å². The minimum absolute atomic E-state index is 0.0774. The Labute approximate surface area is 432 Å². The number of methoxy groups -OCH3 is 2. The maximum absolute atomic E-state index is 14.7. The molecule has 0 saturated carbocycles. The summed E-state index contributed by atoms with van der Waals surface area (Å²) in [6.45, 7) is 15.5. The molecule has 402 valence electrons. The molecule has 1 aromatic heterocycles. The molecular weight excluding hydrogens is 1040 g/mol. The SMILES string of the molecule is CO[C@H](c1ccc(C#N)cc1)[C@@H](CF)n1cc(CCN(C)[C@H]2C[C@@H](C)O[C@@H](O[C@@H]3[C@@H](C)[C@H](O[C@H]4C[C@@](C)(OC)[C@@H](O)[C@H](C)O4)[C@@H](C)C(=O)O[C@H](I)[C@@](C)(O)[C@H](O)[C@@H](C)N(C)C[C@H](C)C[C@@]3(C)O)[C@@H]2O)nn1. The predicted molar refractivity (Wildman–Crippen MR) is 266 cm³/mol. The third-order valence-electron chi connectivity index (χ3n) is 15.3. The molecule has 71 heavy (non-hydrogen) atoms. The number of hydrogen-bond acceptors (Lipinski definition) is 18. The number of esters is 1. The Morgan fingerprint density at radius 2 is 1.68 bits per heavy atom. The molecular formula is C50H80FIN6O13. The lowest BCUT2D eigenvalue weighted by molar-refractivity contribution is -0.318. The maximum Gasteiger partial charge on any atom is 0.312 e. The first-order valence-electron chi connectivity index (χ1n) is 24.6. The van der Waals surface area contributed by atoms with Crippen LogP contribution in [0.3, 0.4) is 0 Å². The molecule has 4 heterocycles. The second kappa shape index (κ2) is 24.9. The Balaban J connectivity index is 1.44. The van der Waals surface area contributed by atoms with Crippen molar-refractivity contribution in [2.24, 2.45) is 17.8 Å². The molecule has 0 aliphatic carbocycles. The lowest BCUT2D eigenvalue weighted by Gasteiger charge is -2.49. The van der Waals surface area contributed by atoms with Crippen LogP contribution in [0, 0.1) is 29.1 Å². The first-order chi connectivity index (χ1) is 33.2. The second-order valence-electron chi connectivity index (χ2n) is 21.2. The number of aromatic nitrogens is 3. The standard InChI is InChI=1S/C50H80FIN6O13/c1-27-21-48(7,63)44(29(3)40(69-38-22-49(8,66-13)43(61)32(6)68-38)30(4)45(62)71-47(52)50(9,64)42(60)31(5)57(11)25-27)70-46-39(59)36(20-28(2)67-46)56(10)19-18-35-26-58(55-54-35)37(23-51)41(65-12)34-16-14-33(24-53)15-17-34/h14-17,26-32,36-44,46-47,59-61,63-64H,18-23,25H2,1-13H3/t27-,28-,29+,30-,31-,32+,36+,37-,38+,39-,40+,41-,42-,43+,44-,46+,47+,48-,49-,50+/m1/s1. The van der Waals surface area contributed by atoms with Gasteiger partial charge in [0.15, 0.2) is 16.7 Å². The van der Waals surface area contributed by atoms with E-state index in [1.807, 2.05) is 60.3 Å². The van der Waals surface area contributed by atoms with Crippen LogP contribution in [0.15, 0.2) is 30.5 Å². The van der Waals surface area contributed by atoms with Crippen LogP contribution < -0.4 is 0 Å². The molecule has 3 aliphatic heterocycles. The molecule has 5 N–H and O–H groups in total. The summed E-state index contributed by atoms with van der Waals surface area (Å²) >= 11 is 1.81. The van der Waals surface area contributed by atoms with E-state index in [1.54, 1.807) is 72.0 Å². The highest BCUT2D eigenvalue weighted by molar-refractivity contribution is 14.1. The second-order valence-corrected chi connectivity index (χ2v) is 22.3. The number of ether oxygens (including phenoxy) is 7. The number of aliphatic hydroxyl groups is 5. The summed E-state index contributed by atoms with van der Waals surface area (Å²) in [6, 6.07) is 6.91. The fraction of sp³-hybridized carbons (Fsp3) is 0.800. The number of nitriles is 1.